The van der Waals surface area contributed by atoms with Gasteiger partial charge in [0.15, 0.2) is 0 Å². The van der Waals surface area contributed by atoms with Crippen LogP contribution in [0.25, 0.3) is 0 Å². The zero-order valence-electron chi connectivity index (χ0n) is 8.53. The molecule has 0 unspecified atom stereocenters. The van der Waals surface area contributed by atoms with E-state index in [9.17, 15) is 4.70 Å². The van der Waals surface area contributed by atoms with Gasteiger partial charge < -0.3 is 0 Å². The Morgan fingerprint density at radius 1 is 1.21 bits per heavy atom. The van der Waals surface area contributed by atoms with Crippen molar-refractivity contribution in [2.24, 2.45) is 0 Å². The standard InChI is InChI=1S/C11H15BO2/c1-2-3-4-9-14-11-7-5-10(12-13)6-8-11/h5-8H,2-4,9H2,1H3. The molecule has 0 aliphatic rings. The van der Waals surface area contributed by atoms with Crippen LogP contribution in [0.3, 0.4) is 0 Å². The monoisotopic (exact) mass is 190 g/mol. The van der Waals surface area contributed by atoms with Crippen molar-refractivity contribution < 1.29 is 9.44 Å². The number of hydrogen-bond donors (Lipinski definition) is 0. The van der Waals surface area contributed by atoms with Gasteiger partial charge in [-0.25, -0.2) is 0 Å². The molecule has 2 nitrogen and oxygen atoms in total. The Morgan fingerprint density at radius 2 is 1.93 bits per heavy atom. The molecule has 0 amide bonds. The molecule has 14 heavy (non-hydrogen) atoms. The van der Waals surface area contributed by atoms with Crippen molar-refractivity contribution >= 4 is 12.6 Å². The Labute approximate surface area is 85.5 Å². The van der Waals surface area contributed by atoms with Crippen molar-refractivity contribution in [3.8, 4) is 5.75 Å². The summed E-state index contributed by atoms with van der Waals surface area (Å²) in [7, 11) is 0.834. The molecular weight excluding hydrogens is 175 g/mol. The number of rotatable bonds is 6. The second-order valence-corrected chi connectivity index (χ2v) is 3.24. The van der Waals surface area contributed by atoms with Crippen molar-refractivity contribution in [2.45, 2.75) is 26.2 Å². The van der Waals surface area contributed by atoms with Gasteiger partial charge in [-0.2, -0.15) is 0 Å². The second-order valence-electron chi connectivity index (χ2n) is 3.24. The predicted octanol–water partition coefficient (Wildman–Crippen LogP) is 1.93. The van der Waals surface area contributed by atoms with Gasteiger partial charge in [0.05, 0.1) is 0 Å². The quantitative estimate of drug-likeness (QED) is 0.506. The van der Waals surface area contributed by atoms with E-state index in [4.69, 9.17) is 4.74 Å². The first-order chi connectivity index (χ1) is 6.86. The molecule has 0 aliphatic heterocycles. The third kappa shape index (κ3) is 3.73. The molecule has 0 N–H and O–H groups in total. The van der Waals surface area contributed by atoms with Crippen LogP contribution in [0.15, 0.2) is 24.3 Å². The summed E-state index contributed by atoms with van der Waals surface area (Å²) < 4.78 is 15.9. The van der Waals surface area contributed by atoms with Crippen molar-refractivity contribution in [2.75, 3.05) is 6.61 Å². The summed E-state index contributed by atoms with van der Waals surface area (Å²) in [5.41, 5.74) is 0.686. The second kappa shape index (κ2) is 6.36. The van der Waals surface area contributed by atoms with E-state index in [2.05, 4.69) is 6.92 Å². The summed E-state index contributed by atoms with van der Waals surface area (Å²) in [4.78, 5) is 0. The molecule has 0 saturated carbocycles. The van der Waals surface area contributed by atoms with Crippen LogP contribution < -0.4 is 10.2 Å². The summed E-state index contributed by atoms with van der Waals surface area (Å²) in [5, 5.41) is 0. The average molecular weight is 190 g/mol. The normalized spacial score (nSPS) is 9.50. The molecule has 0 aliphatic carbocycles. The van der Waals surface area contributed by atoms with Gasteiger partial charge in [0.1, 0.15) is 0 Å². The van der Waals surface area contributed by atoms with Gasteiger partial charge in [-0.1, -0.05) is 0 Å². The Bertz CT molecular complexity index is 269. The van der Waals surface area contributed by atoms with Crippen LogP contribution in [-0.4, -0.2) is 13.8 Å². The van der Waals surface area contributed by atoms with Gasteiger partial charge in [-0.3, -0.25) is 0 Å². The van der Waals surface area contributed by atoms with Gasteiger partial charge in [-0.15, -0.1) is 0 Å². The molecule has 0 radical (unpaired) electrons. The molecule has 1 aromatic rings. The zero-order chi connectivity index (χ0) is 10.2. The molecule has 0 aromatic heterocycles. The van der Waals surface area contributed by atoms with Crippen LogP contribution in [0.4, 0.5) is 0 Å². The van der Waals surface area contributed by atoms with E-state index in [1.807, 2.05) is 12.1 Å². The summed E-state index contributed by atoms with van der Waals surface area (Å²) >= 11 is 0. The number of ether oxygens (including phenoxy) is 1. The van der Waals surface area contributed by atoms with Crippen LogP contribution >= 0.6 is 0 Å². The van der Waals surface area contributed by atoms with Crippen LogP contribution in [0.2, 0.25) is 0 Å². The van der Waals surface area contributed by atoms with E-state index in [-0.39, 0.29) is 0 Å². The average Bonchev–Trinajstić information content (AvgIpc) is 2.25. The Kier molecular flexibility index (Phi) is 4.98. The Morgan fingerprint density at radius 3 is 2.50 bits per heavy atom. The van der Waals surface area contributed by atoms with E-state index in [1.54, 1.807) is 12.1 Å². The van der Waals surface area contributed by atoms with E-state index < -0.39 is 0 Å². The first kappa shape index (κ1) is 11.0. The van der Waals surface area contributed by atoms with Crippen LogP contribution in [0.1, 0.15) is 26.2 Å². The molecule has 0 saturated heterocycles. The summed E-state index contributed by atoms with van der Waals surface area (Å²) in [6.45, 7) is 2.92. The summed E-state index contributed by atoms with van der Waals surface area (Å²) in [5.74, 6) is 0.840. The fraction of sp³-hybridized carbons (Fsp3) is 0.455. The summed E-state index contributed by atoms with van der Waals surface area (Å²) in [6, 6.07) is 7.19. The van der Waals surface area contributed by atoms with E-state index in [1.165, 1.54) is 12.8 Å². The van der Waals surface area contributed by atoms with Crippen molar-refractivity contribution in [1.82, 2.24) is 0 Å². The fourth-order valence-corrected chi connectivity index (χ4v) is 1.18. The molecule has 0 heterocycles. The minimum atomic E-state index is 0.686. The number of benzene rings is 1. The van der Waals surface area contributed by atoms with Gasteiger partial charge >= 0.3 is 84.9 Å². The Balaban J connectivity index is 2.32. The third-order valence-corrected chi connectivity index (χ3v) is 2.03. The molecular formula is C11H15BO2. The summed E-state index contributed by atoms with van der Waals surface area (Å²) in [6.07, 6.45) is 3.49. The Hall–Kier alpha value is -1.12. The molecule has 0 atom stereocenters. The predicted molar refractivity (Wildman–Crippen MR) is 57.5 cm³/mol. The van der Waals surface area contributed by atoms with Gasteiger partial charge in [-0.05, 0) is 0 Å². The van der Waals surface area contributed by atoms with Gasteiger partial charge in [0, 0.05) is 0 Å². The maximum atomic E-state index is 10.4. The number of hydrogen-bond acceptors (Lipinski definition) is 2. The molecule has 0 bridgehead atoms. The first-order valence-electron chi connectivity index (χ1n) is 5.05. The third-order valence-electron chi connectivity index (χ3n) is 2.03. The van der Waals surface area contributed by atoms with Crippen LogP contribution in [0.5, 0.6) is 5.75 Å². The van der Waals surface area contributed by atoms with Crippen molar-refractivity contribution in [3.63, 3.8) is 0 Å². The van der Waals surface area contributed by atoms with E-state index in [0.717, 1.165) is 25.9 Å². The SMILES string of the molecule is CCCCCOc1ccc(B=O)cc1. The van der Waals surface area contributed by atoms with Crippen molar-refractivity contribution in [1.29, 1.82) is 0 Å². The van der Waals surface area contributed by atoms with E-state index in [0.29, 0.717) is 5.46 Å². The number of unbranched alkanes of at least 4 members (excludes halogenated alkanes) is 2. The molecule has 0 fully saturated rings. The van der Waals surface area contributed by atoms with Crippen LogP contribution in [0, 0.1) is 0 Å². The van der Waals surface area contributed by atoms with Crippen LogP contribution in [-0.2, 0) is 4.70 Å². The van der Waals surface area contributed by atoms with Gasteiger partial charge in [0.2, 0.25) is 0 Å². The topological polar surface area (TPSA) is 26.3 Å². The molecule has 3 heteroatoms. The molecule has 1 rings (SSSR count). The molecule has 74 valence electrons. The van der Waals surface area contributed by atoms with Gasteiger partial charge in [0.25, 0.3) is 0 Å². The van der Waals surface area contributed by atoms with Crippen molar-refractivity contribution in [3.05, 3.63) is 24.3 Å². The first-order valence-corrected chi connectivity index (χ1v) is 5.05. The minimum absolute atomic E-state index is 0.686. The maximum absolute atomic E-state index is 10.4. The molecule has 0 spiro atoms. The molecule has 1 aromatic carbocycles. The zero-order valence-corrected chi connectivity index (χ0v) is 8.53. The van der Waals surface area contributed by atoms with E-state index >= 15 is 0 Å². The fourth-order valence-electron chi connectivity index (χ4n) is 1.18.